The van der Waals surface area contributed by atoms with Crippen LogP contribution in [0.1, 0.15) is 27.7 Å². The first-order valence-electron chi connectivity index (χ1n) is 10.5. The Bertz CT molecular complexity index is 1470. The van der Waals surface area contributed by atoms with Crippen LogP contribution in [-0.2, 0) is 4.79 Å². The lowest BCUT2D eigenvalue weighted by Gasteiger charge is -2.18. The van der Waals surface area contributed by atoms with Gasteiger partial charge in [-0.25, -0.2) is 10.5 Å². The van der Waals surface area contributed by atoms with E-state index in [0.717, 1.165) is 0 Å². The van der Waals surface area contributed by atoms with Crippen molar-refractivity contribution in [3.63, 3.8) is 0 Å². The number of aromatic nitrogens is 2. The van der Waals surface area contributed by atoms with Gasteiger partial charge in [-0.1, -0.05) is 36.4 Å². The molecule has 2 amide bonds. The van der Waals surface area contributed by atoms with E-state index in [9.17, 15) is 19.5 Å². The smallest absolute Gasteiger partial charge is 0.272 e. The summed E-state index contributed by atoms with van der Waals surface area (Å²) in [6.45, 7) is 0. The van der Waals surface area contributed by atoms with Crippen LogP contribution in [0, 0.1) is 0 Å². The van der Waals surface area contributed by atoms with Crippen molar-refractivity contribution in [2.45, 2.75) is 6.04 Å². The third-order valence-corrected chi connectivity index (χ3v) is 5.16. The van der Waals surface area contributed by atoms with Crippen LogP contribution in [-0.4, -0.2) is 40.4 Å². The number of benzene rings is 3. The van der Waals surface area contributed by atoms with Gasteiger partial charge in [0.2, 0.25) is 0 Å². The van der Waals surface area contributed by atoms with Gasteiger partial charge in [-0.3, -0.25) is 14.4 Å². The zero-order chi connectivity index (χ0) is 24.8. The normalized spacial score (nSPS) is 11.8. The summed E-state index contributed by atoms with van der Waals surface area (Å²) in [5.41, 5.74) is 3.03. The monoisotopic (exact) mass is 471 g/mol. The van der Waals surface area contributed by atoms with Crippen LogP contribution in [0.4, 0.5) is 0 Å². The summed E-state index contributed by atoms with van der Waals surface area (Å²) in [6.07, 6.45) is 1.36. The number of rotatable bonds is 7. The highest BCUT2D eigenvalue weighted by atomic mass is 16.5. The van der Waals surface area contributed by atoms with Crippen LogP contribution >= 0.6 is 0 Å². The number of amides is 2. The fourth-order valence-electron chi connectivity index (χ4n) is 3.43. The molecule has 1 aromatic heterocycles. The number of phenols is 1. The lowest BCUT2D eigenvalue weighted by Crippen LogP contribution is -2.40. The number of carbonyl (C=O) groups excluding carboxylic acids is 2. The van der Waals surface area contributed by atoms with Gasteiger partial charge in [0.15, 0.2) is 17.5 Å². The van der Waals surface area contributed by atoms with Crippen molar-refractivity contribution in [1.82, 2.24) is 20.9 Å². The predicted molar refractivity (Wildman–Crippen MR) is 129 cm³/mol. The zero-order valence-electron chi connectivity index (χ0n) is 18.6. The highest BCUT2D eigenvalue weighted by molar-refractivity contribution is 5.99. The third kappa shape index (κ3) is 5.17. The second-order valence-electron chi connectivity index (χ2n) is 7.42. The van der Waals surface area contributed by atoms with Crippen molar-refractivity contribution in [2.75, 3.05) is 7.11 Å². The van der Waals surface area contributed by atoms with Gasteiger partial charge in [0.05, 0.1) is 18.7 Å². The average molecular weight is 471 g/mol. The zero-order valence-corrected chi connectivity index (χ0v) is 18.6. The summed E-state index contributed by atoms with van der Waals surface area (Å²) in [7, 11) is 1.42. The summed E-state index contributed by atoms with van der Waals surface area (Å²) in [6, 6.07) is 18.3. The minimum atomic E-state index is -1.27. The summed E-state index contributed by atoms with van der Waals surface area (Å²) in [4.78, 5) is 38.3. The molecule has 3 aromatic carbocycles. The average Bonchev–Trinajstić information content (AvgIpc) is 2.89. The number of phenolic OH excluding ortho intramolecular Hbond substituents is 1. The van der Waals surface area contributed by atoms with Gasteiger partial charge in [-0.15, -0.1) is 0 Å². The van der Waals surface area contributed by atoms with E-state index in [4.69, 9.17) is 4.74 Å². The van der Waals surface area contributed by atoms with Crippen molar-refractivity contribution in [2.24, 2.45) is 5.10 Å². The Morgan fingerprint density at radius 2 is 1.77 bits per heavy atom. The molecule has 0 saturated carbocycles. The minimum absolute atomic E-state index is 0.0339. The predicted octanol–water partition coefficient (Wildman–Crippen LogP) is 2.26. The van der Waals surface area contributed by atoms with Crippen molar-refractivity contribution >= 4 is 28.8 Å². The van der Waals surface area contributed by atoms with E-state index in [1.54, 1.807) is 60.7 Å². The lowest BCUT2D eigenvalue weighted by molar-refractivity contribution is -0.123. The molecule has 0 radical (unpaired) electrons. The molecular weight excluding hydrogens is 450 g/mol. The van der Waals surface area contributed by atoms with Gasteiger partial charge < -0.3 is 15.2 Å². The number of nitrogens with zero attached hydrogens (tertiary/aromatic N) is 2. The van der Waals surface area contributed by atoms with Crippen molar-refractivity contribution in [3.05, 3.63) is 100.0 Å². The molecule has 1 heterocycles. The number of methoxy groups -OCH3 is 1. The number of hydrazone groups is 1. The molecular formula is C25H21N5O5. The highest BCUT2D eigenvalue weighted by Gasteiger charge is 2.27. The molecule has 176 valence electrons. The number of aromatic hydroxyl groups is 1. The Morgan fingerprint density at radius 3 is 2.51 bits per heavy atom. The summed E-state index contributed by atoms with van der Waals surface area (Å²) < 4.78 is 5.06. The van der Waals surface area contributed by atoms with Gasteiger partial charge >= 0.3 is 0 Å². The van der Waals surface area contributed by atoms with E-state index in [2.05, 4.69) is 26.0 Å². The first kappa shape index (κ1) is 23.2. The number of hydrogen-bond donors (Lipinski definition) is 4. The molecule has 4 N–H and O–H groups in total. The fraction of sp³-hybridized carbons (Fsp3) is 0.0800. The Kier molecular flexibility index (Phi) is 6.82. The molecule has 0 unspecified atom stereocenters. The van der Waals surface area contributed by atoms with Gasteiger partial charge in [-0.2, -0.15) is 10.2 Å². The van der Waals surface area contributed by atoms with Gasteiger partial charge in [0.25, 0.3) is 17.4 Å². The summed E-state index contributed by atoms with van der Waals surface area (Å²) in [5, 5.41) is 23.5. The Balaban J connectivity index is 1.65. The molecule has 0 spiro atoms. The van der Waals surface area contributed by atoms with Crippen molar-refractivity contribution in [1.29, 1.82) is 0 Å². The first-order chi connectivity index (χ1) is 17.0. The molecule has 1 atom stereocenters. The summed E-state index contributed by atoms with van der Waals surface area (Å²) in [5.74, 6) is -0.971. The van der Waals surface area contributed by atoms with Crippen molar-refractivity contribution in [3.8, 4) is 11.5 Å². The molecule has 0 fully saturated rings. The first-order valence-corrected chi connectivity index (χ1v) is 10.5. The van der Waals surface area contributed by atoms with Crippen LogP contribution in [0.5, 0.6) is 11.5 Å². The maximum atomic E-state index is 13.2. The third-order valence-electron chi connectivity index (χ3n) is 5.16. The molecule has 4 rings (SSSR count). The standard InChI is InChI=1S/C25H21N5O5/c1-35-20-13-15(11-12-19(20)31)14-26-29-25(34)22(27-23(32)16-7-3-2-4-8-16)21-17-9-5-6-10-18(17)24(33)30-28-21/h2-14,22,31H,1H3,(H,27,32)(H,29,34)(H,30,33)/b26-14-/t22-/m0/s1. The molecule has 0 saturated heterocycles. The topological polar surface area (TPSA) is 146 Å². The minimum Gasteiger partial charge on any atom is -0.504 e. The second-order valence-corrected chi connectivity index (χ2v) is 7.42. The van der Waals surface area contributed by atoms with E-state index in [1.165, 1.54) is 25.5 Å². The number of nitrogens with one attached hydrogen (secondary N) is 3. The maximum absolute atomic E-state index is 13.2. The number of aromatic amines is 1. The largest absolute Gasteiger partial charge is 0.504 e. The van der Waals surface area contributed by atoms with E-state index in [-0.39, 0.29) is 17.2 Å². The molecule has 35 heavy (non-hydrogen) atoms. The highest BCUT2D eigenvalue weighted by Crippen LogP contribution is 2.25. The van der Waals surface area contributed by atoms with Gasteiger partial charge in [-0.05, 0) is 42.0 Å². The molecule has 0 aliphatic heterocycles. The molecule has 10 heteroatoms. The second kappa shape index (κ2) is 10.3. The molecule has 10 nitrogen and oxygen atoms in total. The Labute approximate surface area is 199 Å². The maximum Gasteiger partial charge on any atom is 0.272 e. The Hall–Kier alpha value is -4.99. The quantitative estimate of drug-likeness (QED) is 0.240. The number of fused-ring (bicyclic) bond motifs is 1. The lowest BCUT2D eigenvalue weighted by atomic mass is 10.0. The molecule has 0 bridgehead atoms. The molecule has 0 aliphatic rings. The number of ether oxygens (including phenoxy) is 1. The number of carbonyl (C=O) groups is 2. The van der Waals surface area contributed by atoms with Crippen molar-refractivity contribution < 1.29 is 19.4 Å². The van der Waals surface area contributed by atoms with Crippen LogP contribution in [0.2, 0.25) is 0 Å². The van der Waals surface area contributed by atoms with Crippen LogP contribution in [0.15, 0.2) is 82.7 Å². The molecule has 0 aliphatic carbocycles. The molecule has 4 aromatic rings. The van der Waals surface area contributed by atoms with Crippen LogP contribution in [0.25, 0.3) is 10.8 Å². The van der Waals surface area contributed by atoms with E-state index in [1.807, 2.05) is 0 Å². The van der Waals surface area contributed by atoms with Crippen LogP contribution < -0.4 is 21.0 Å². The van der Waals surface area contributed by atoms with E-state index < -0.39 is 23.4 Å². The Morgan fingerprint density at radius 1 is 1.06 bits per heavy atom. The number of H-pyrrole nitrogens is 1. The van der Waals surface area contributed by atoms with E-state index >= 15 is 0 Å². The van der Waals surface area contributed by atoms with E-state index in [0.29, 0.717) is 21.9 Å². The summed E-state index contributed by atoms with van der Waals surface area (Å²) >= 11 is 0. The van der Waals surface area contributed by atoms with Crippen LogP contribution in [0.3, 0.4) is 0 Å². The van der Waals surface area contributed by atoms with Gasteiger partial charge in [0.1, 0.15) is 5.69 Å². The fourth-order valence-corrected chi connectivity index (χ4v) is 3.43. The number of hydrogen-bond acceptors (Lipinski definition) is 7. The SMILES string of the molecule is COc1cc(/C=N\NC(=O)[C@@H](NC(=O)c2ccccc2)c2n[nH]c(=O)c3ccccc23)ccc1O. The van der Waals surface area contributed by atoms with Gasteiger partial charge in [0, 0.05) is 10.9 Å².